The minimum atomic E-state index is -0.738. The van der Waals surface area contributed by atoms with Crippen molar-refractivity contribution in [1.29, 1.82) is 0 Å². The van der Waals surface area contributed by atoms with Crippen LogP contribution in [-0.4, -0.2) is 59.4 Å². The summed E-state index contributed by atoms with van der Waals surface area (Å²) in [6.45, 7) is 7.24. The van der Waals surface area contributed by atoms with Gasteiger partial charge in [0, 0.05) is 31.1 Å². The van der Waals surface area contributed by atoms with Crippen molar-refractivity contribution >= 4 is 46.7 Å². The molecule has 0 bridgehead atoms. The summed E-state index contributed by atoms with van der Waals surface area (Å²) in [6.07, 6.45) is -0.723. The molecule has 1 aromatic heterocycles. The van der Waals surface area contributed by atoms with Gasteiger partial charge in [0.05, 0.1) is 29.2 Å². The number of rotatable bonds is 5. The molecule has 0 saturated carbocycles. The minimum absolute atomic E-state index is 0.0269. The fourth-order valence-electron chi connectivity index (χ4n) is 3.55. The summed E-state index contributed by atoms with van der Waals surface area (Å²) >= 11 is 6.36. The molecule has 0 spiro atoms. The van der Waals surface area contributed by atoms with E-state index in [0.29, 0.717) is 45.6 Å². The zero-order chi connectivity index (χ0) is 25.4. The normalized spacial score (nSPS) is 13.2. The number of carbonyl (C=O) groups excluding carboxylic acids is 3. The quantitative estimate of drug-likeness (QED) is 0.667. The van der Waals surface area contributed by atoms with Gasteiger partial charge >= 0.3 is 6.09 Å². The van der Waals surface area contributed by atoms with E-state index in [2.05, 4.69) is 5.32 Å². The second-order valence-corrected chi connectivity index (χ2v) is 9.83. The monoisotopic (exact) mass is 487 g/mol. The summed E-state index contributed by atoms with van der Waals surface area (Å²) in [4.78, 5) is 46.9. The van der Waals surface area contributed by atoms with Crippen LogP contribution in [0.2, 0.25) is 5.02 Å². The third-order valence-corrected chi connectivity index (χ3v) is 5.51. The summed E-state index contributed by atoms with van der Waals surface area (Å²) in [7, 11) is 5.52. The van der Waals surface area contributed by atoms with Crippen molar-refractivity contribution in [3.05, 3.63) is 46.1 Å². The maximum absolute atomic E-state index is 13.2. The predicted octanol–water partition coefficient (Wildman–Crippen LogP) is 4.41. The van der Waals surface area contributed by atoms with Crippen molar-refractivity contribution in [2.45, 2.75) is 46.4 Å². The largest absolute Gasteiger partial charge is 0.443 e. The molecule has 1 N–H and O–H groups in total. The van der Waals surface area contributed by atoms with Gasteiger partial charge in [-0.3, -0.25) is 9.59 Å². The summed E-state index contributed by atoms with van der Waals surface area (Å²) < 4.78 is 5.38. The number of aromatic nitrogens is 1. The van der Waals surface area contributed by atoms with Crippen LogP contribution in [0.15, 0.2) is 24.3 Å². The van der Waals surface area contributed by atoms with Crippen molar-refractivity contribution in [3.63, 3.8) is 0 Å². The number of hydrogen-bond acceptors (Lipinski definition) is 7. The first-order chi connectivity index (χ1) is 15.8. The number of nitrogens with one attached hydrogen (secondary N) is 1. The lowest BCUT2D eigenvalue weighted by atomic mass is 10.1. The van der Waals surface area contributed by atoms with Crippen LogP contribution in [0.4, 0.5) is 22.0 Å². The Morgan fingerprint density at radius 2 is 1.85 bits per heavy atom. The van der Waals surface area contributed by atoms with Crippen LogP contribution in [0.1, 0.15) is 49.3 Å². The van der Waals surface area contributed by atoms with Crippen LogP contribution in [-0.2, 0) is 22.6 Å². The molecule has 10 heteroatoms. The van der Waals surface area contributed by atoms with Crippen LogP contribution in [0.25, 0.3) is 0 Å². The minimum Gasteiger partial charge on any atom is -0.443 e. The summed E-state index contributed by atoms with van der Waals surface area (Å²) in [5.74, 6) is -0.104. The third kappa shape index (κ3) is 5.48. The first-order valence-corrected chi connectivity index (χ1v) is 11.2. The molecule has 0 saturated heterocycles. The number of pyridine rings is 1. The molecular formula is C24H30ClN5O4. The number of ether oxygens (including phenoxy) is 1. The van der Waals surface area contributed by atoms with Crippen molar-refractivity contribution in [2.24, 2.45) is 0 Å². The lowest BCUT2D eigenvalue weighted by Crippen LogP contribution is -2.37. The smallest absolute Gasteiger partial charge is 0.417 e. The topological polar surface area (TPSA) is 95.1 Å². The van der Waals surface area contributed by atoms with E-state index in [1.807, 2.05) is 19.0 Å². The molecule has 0 fully saturated rings. The Hall–Kier alpha value is -3.17. The molecule has 34 heavy (non-hydrogen) atoms. The van der Waals surface area contributed by atoms with E-state index in [-0.39, 0.29) is 12.5 Å². The molecule has 1 aliphatic heterocycles. The van der Waals surface area contributed by atoms with Gasteiger partial charge in [-0.1, -0.05) is 11.6 Å². The molecular weight excluding hydrogens is 458 g/mol. The summed E-state index contributed by atoms with van der Waals surface area (Å²) in [6, 6.07) is 6.90. The molecule has 0 aliphatic carbocycles. The number of anilines is 3. The maximum atomic E-state index is 13.2. The lowest BCUT2D eigenvalue weighted by molar-refractivity contribution is -0.116. The highest BCUT2D eigenvalue weighted by Gasteiger charge is 2.38. The summed E-state index contributed by atoms with van der Waals surface area (Å²) in [5.41, 5.74) is 1.98. The second-order valence-electron chi connectivity index (χ2n) is 9.42. The highest BCUT2D eigenvalue weighted by atomic mass is 35.5. The Balaban J connectivity index is 1.96. The first kappa shape index (κ1) is 25.5. The highest BCUT2D eigenvalue weighted by molar-refractivity contribution is 6.32. The van der Waals surface area contributed by atoms with E-state index in [4.69, 9.17) is 21.3 Å². The number of carbonyl (C=O) groups is 3. The molecule has 1 aliphatic rings. The highest BCUT2D eigenvalue weighted by Crippen LogP contribution is 2.36. The van der Waals surface area contributed by atoms with Crippen LogP contribution in [0, 0.1) is 0 Å². The zero-order valence-corrected chi connectivity index (χ0v) is 21.3. The number of fused-ring (bicyclic) bond motifs is 1. The first-order valence-electron chi connectivity index (χ1n) is 10.8. The molecule has 9 nitrogen and oxygen atoms in total. The molecule has 0 atom stereocenters. The van der Waals surface area contributed by atoms with Gasteiger partial charge in [-0.05, 0) is 59.1 Å². The number of imide groups is 1. The van der Waals surface area contributed by atoms with Gasteiger partial charge in [-0.15, -0.1) is 0 Å². The average Bonchev–Trinajstić information content (AvgIpc) is 3.07. The van der Waals surface area contributed by atoms with Gasteiger partial charge in [-0.2, -0.15) is 0 Å². The van der Waals surface area contributed by atoms with Gasteiger partial charge in [-0.25, -0.2) is 14.7 Å². The molecule has 182 valence electrons. The standard InChI is InChI=1S/C24H30ClN5O4/c1-14(31)29(7)19-10-11-20(27-18(19)13-28(5)6)26-17-9-8-16(25)15-12-30(22(32)21(15)17)23(33)34-24(2,3)4/h8-11H,12-13H2,1-7H3,(H,26,27). The van der Waals surface area contributed by atoms with Crippen molar-refractivity contribution in [2.75, 3.05) is 31.4 Å². The SMILES string of the molecule is CC(=O)N(C)c1ccc(Nc2ccc(Cl)c3c2C(=O)N(C(=O)OC(C)(C)C)C3)nc1CN(C)C. The van der Waals surface area contributed by atoms with E-state index in [1.54, 1.807) is 52.1 Å². The zero-order valence-electron chi connectivity index (χ0n) is 20.5. The molecule has 2 heterocycles. The van der Waals surface area contributed by atoms with Crippen LogP contribution in [0.3, 0.4) is 0 Å². The Labute approximate surface area is 204 Å². The van der Waals surface area contributed by atoms with Crippen LogP contribution >= 0.6 is 11.6 Å². The third-order valence-electron chi connectivity index (χ3n) is 5.16. The van der Waals surface area contributed by atoms with Gasteiger partial charge in [0.15, 0.2) is 0 Å². The van der Waals surface area contributed by atoms with Crippen LogP contribution < -0.4 is 10.2 Å². The van der Waals surface area contributed by atoms with Crippen molar-refractivity contribution in [3.8, 4) is 0 Å². The predicted molar refractivity (Wildman–Crippen MR) is 132 cm³/mol. The number of nitrogens with zero attached hydrogens (tertiary/aromatic N) is 4. The van der Waals surface area contributed by atoms with Gasteiger partial charge in [0.25, 0.3) is 5.91 Å². The number of amides is 3. The van der Waals surface area contributed by atoms with Gasteiger partial charge in [0.2, 0.25) is 5.91 Å². The molecule has 2 aromatic rings. The molecule has 3 amide bonds. The molecule has 0 unspecified atom stereocenters. The Kier molecular flexibility index (Phi) is 7.18. The molecule has 3 rings (SSSR count). The molecule has 0 radical (unpaired) electrons. The van der Waals surface area contributed by atoms with E-state index in [9.17, 15) is 14.4 Å². The van der Waals surface area contributed by atoms with E-state index in [1.165, 1.54) is 11.8 Å². The number of halogens is 1. The van der Waals surface area contributed by atoms with Crippen LogP contribution in [0.5, 0.6) is 0 Å². The average molecular weight is 488 g/mol. The Morgan fingerprint density at radius 3 is 2.44 bits per heavy atom. The van der Waals surface area contributed by atoms with Crippen molar-refractivity contribution in [1.82, 2.24) is 14.8 Å². The van der Waals surface area contributed by atoms with E-state index in [0.717, 1.165) is 4.90 Å². The second kappa shape index (κ2) is 9.60. The van der Waals surface area contributed by atoms with Gasteiger partial charge in [0.1, 0.15) is 11.4 Å². The van der Waals surface area contributed by atoms with Crippen molar-refractivity contribution < 1.29 is 19.1 Å². The molecule has 1 aromatic carbocycles. The fraction of sp³-hybridized carbons (Fsp3) is 0.417. The van der Waals surface area contributed by atoms with E-state index >= 15 is 0 Å². The number of benzene rings is 1. The lowest BCUT2D eigenvalue weighted by Gasteiger charge is -2.23. The van der Waals surface area contributed by atoms with E-state index < -0.39 is 17.6 Å². The number of hydrogen-bond donors (Lipinski definition) is 1. The summed E-state index contributed by atoms with van der Waals surface area (Å²) in [5, 5.41) is 3.58. The maximum Gasteiger partial charge on any atom is 0.417 e. The Bertz CT molecular complexity index is 1140. The Morgan fingerprint density at radius 1 is 1.18 bits per heavy atom. The van der Waals surface area contributed by atoms with Gasteiger partial charge < -0.3 is 19.9 Å². The fourth-order valence-corrected chi connectivity index (χ4v) is 3.76.